The highest BCUT2D eigenvalue weighted by Crippen LogP contribution is 2.33. The van der Waals surface area contributed by atoms with E-state index in [9.17, 15) is 8.78 Å². The van der Waals surface area contributed by atoms with E-state index in [1.165, 1.54) is 38.1 Å². The van der Waals surface area contributed by atoms with Gasteiger partial charge in [-0.1, -0.05) is 6.92 Å². The third-order valence-electron chi connectivity index (χ3n) is 7.72. The summed E-state index contributed by atoms with van der Waals surface area (Å²) in [7, 11) is 0. The highest BCUT2D eigenvalue weighted by Gasteiger charge is 2.28. The summed E-state index contributed by atoms with van der Waals surface area (Å²) in [5.41, 5.74) is 4.28. The molecule has 37 heavy (non-hydrogen) atoms. The number of aromatic nitrogens is 4. The van der Waals surface area contributed by atoms with Crippen LogP contribution in [0.25, 0.3) is 22.4 Å². The van der Waals surface area contributed by atoms with Crippen LogP contribution < -0.4 is 4.74 Å². The SMILES string of the molecule is CCN1CCC(CN2Cc3nc(-c4n[nH]c5ccc(OC(C)c6cc(F)cc(F)c6)cc45)[nH]c3C2)CC1. The maximum absolute atomic E-state index is 13.6. The highest BCUT2D eigenvalue weighted by atomic mass is 19.1. The van der Waals surface area contributed by atoms with E-state index in [-0.39, 0.29) is 0 Å². The molecule has 0 saturated carbocycles. The van der Waals surface area contributed by atoms with E-state index in [4.69, 9.17) is 9.72 Å². The third-order valence-corrected chi connectivity index (χ3v) is 7.72. The van der Waals surface area contributed by atoms with Gasteiger partial charge < -0.3 is 14.6 Å². The Bertz CT molecular complexity index is 1360. The van der Waals surface area contributed by atoms with Gasteiger partial charge >= 0.3 is 0 Å². The van der Waals surface area contributed by atoms with Crippen LogP contribution in [0.4, 0.5) is 8.78 Å². The lowest BCUT2D eigenvalue weighted by Gasteiger charge is -2.33. The number of nitrogens with one attached hydrogen (secondary N) is 2. The number of hydrogen-bond acceptors (Lipinski definition) is 5. The van der Waals surface area contributed by atoms with Crippen molar-refractivity contribution >= 4 is 10.9 Å². The normalized spacial score (nSPS) is 17.9. The summed E-state index contributed by atoms with van der Waals surface area (Å²) in [6.07, 6.45) is 2.02. The van der Waals surface area contributed by atoms with Gasteiger partial charge in [-0.05, 0) is 81.2 Å². The van der Waals surface area contributed by atoms with Gasteiger partial charge in [0.2, 0.25) is 0 Å². The lowest BCUT2D eigenvalue weighted by molar-refractivity contribution is 0.146. The molecule has 1 fully saturated rings. The fourth-order valence-corrected chi connectivity index (χ4v) is 5.62. The Morgan fingerprint density at radius 1 is 1.05 bits per heavy atom. The highest BCUT2D eigenvalue weighted by molar-refractivity contribution is 5.92. The second-order valence-corrected chi connectivity index (χ2v) is 10.3. The van der Waals surface area contributed by atoms with Crippen LogP contribution in [-0.4, -0.2) is 56.1 Å². The predicted octanol–water partition coefficient (Wildman–Crippen LogP) is 5.42. The van der Waals surface area contributed by atoms with Gasteiger partial charge in [-0.2, -0.15) is 5.10 Å². The van der Waals surface area contributed by atoms with E-state index in [1.807, 2.05) is 18.2 Å². The zero-order valence-corrected chi connectivity index (χ0v) is 21.2. The number of halogens is 2. The van der Waals surface area contributed by atoms with Crippen LogP contribution in [-0.2, 0) is 13.1 Å². The lowest BCUT2D eigenvalue weighted by atomic mass is 9.96. The minimum Gasteiger partial charge on any atom is -0.486 e. The van der Waals surface area contributed by atoms with Crippen LogP contribution in [0.3, 0.4) is 0 Å². The molecule has 9 heteroatoms. The molecule has 0 bridgehead atoms. The molecular formula is C28H32F2N6O. The monoisotopic (exact) mass is 506 g/mol. The molecule has 1 atom stereocenters. The molecule has 2 aliphatic heterocycles. The van der Waals surface area contributed by atoms with Crippen molar-refractivity contribution in [3.05, 3.63) is 65.0 Å². The largest absolute Gasteiger partial charge is 0.486 e. The number of rotatable bonds is 7. The zero-order chi connectivity index (χ0) is 25.5. The number of nitrogens with zero attached hydrogens (tertiary/aromatic N) is 4. The van der Waals surface area contributed by atoms with E-state index < -0.39 is 17.7 Å². The van der Waals surface area contributed by atoms with Gasteiger partial charge in [-0.15, -0.1) is 0 Å². The number of benzene rings is 2. The Kier molecular flexibility index (Phi) is 6.42. The first-order valence-electron chi connectivity index (χ1n) is 13.1. The standard InChI is InChI=1S/C28H32F2N6O/c1-3-35-8-6-18(7-9-35)14-36-15-25-26(16-36)32-28(31-25)27-23-13-22(4-5-24(23)33-34-27)37-17(2)19-10-20(29)12-21(30)11-19/h4-5,10-13,17-18H,3,6-9,14-16H2,1-2H3,(H,31,32)(H,33,34). The molecule has 1 unspecified atom stereocenters. The Balaban J connectivity index is 1.15. The lowest BCUT2D eigenvalue weighted by Crippen LogP contribution is -2.37. The smallest absolute Gasteiger partial charge is 0.159 e. The molecule has 0 radical (unpaired) electrons. The number of H-pyrrole nitrogens is 2. The Labute approximate surface area is 214 Å². The average Bonchev–Trinajstić information content (AvgIpc) is 3.56. The Hall–Kier alpha value is -3.30. The Morgan fingerprint density at radius 3 is 2.57 bits per heavy atom. The van der Waals surface area contributed by atoms with Crippen molar-refractivity contribution in [2.45, 2.75) is 45.9 Å². The summed E-state index contributed by atoms with van der Waals surface area (Å²) >= 11 is 0. The topological polar surface area (TPSA) is 73.1 Å². The van der Waals surface area contributed by atoms with Crippen LogP contribution >= 0.6 is 0 Å². The van der Waals surface area contributed by atoms with Crippen molar-refractivity contribution in [3.8, 4) is 17.3 Å². The van der Waals surface area contributed by atoms with Crippen molar-refractivity contribution in [2.75, 3.05) is 26.2 Å². The fraction of sp³-hybridized carbons (Fsp3) is 0.429. The van der Waals surface area contributed by atoms with E-state index in [0.29, 0.717) is 11.3 Å². The number of ether oxygens (including phenoxy) is 1. The molecule has 2 aromatic carbocycles. The number of hydrogen-bond donors (Lipinski definition) is 2. The zero-order valence-electron chi connectivity index (χ0n) is 21.2. The fourth-order valence-electron chi connectivity index (χ4n) is 5.62. The van der Waals surface area contributed by atoms with Crippen LogP contribution in [0.5, 0.6) is 5.75 Å². The van der Waals surface area contributed by atoms with Gasteiger partial charge in [0, 0.05) is 31.1 Å². The number of aromatic amines is 2. The van der Waals surface area contributed by atoms with Crippen LogP contribution in [0.15, 0.2) is 36.4 Å². The number of fused-ring (bicyclic) bond motifs is 2. The first kappa shape index (κ1) is 24.1. The summed E-state index contributed by atoms with van der Waals surface area (Å²) in [6.45, 7) is 10.4. The molecule has 4 heterocycles. The molecule has 4 aromatic rings. The maximum atomic E-state index is 13.6. The van der Waals surface area contributed by atoms with Gasteiger partial charge in [-0.25, -0.2) is 13.8 Å². The first-order valence-corrected chi connectivity index (χ1v) is 13.1. The second kappa shape index (κ2) is 9.87. The number of imidazole rings is 1. The summed E-state index contributed by atoms with van der Waals surface area (Å²) in [5, 5.41) is 8.46. The van der Waals surface area contributed by atoms with Gasteiger partial charge in [-0.3, -0.25) is 10.00 Å². The molecule has 7 nitrogen and oxygen atoms in total. The van der Waals surface area contributed by atoms with Gasteiger partial charge in [0.25, 0.3) is 0 Å². The Morgan fingerprint density at radius 2 is 1.84 bits per heavy atom. The van der Waals surface area contributed by atoms with E-state index in [1.54, 1.807) is 6.92 Å². The van der Waals surface area contributed by atoms with Crippen molar-refractivity contribution in [1.29, 1.82) is 0 Å². The van der Waals surface area contributed by atoms with Crippen LogP contribution in [0.2, 0.25) is 0 Å². The van der Waals surface area contributed by atoms with E-state index in [0.717, 1.165) is 72.0 Å². The molecule has 0 spiro atoms. The molecule has 6 rings (SSSR count). The molecule has 2 N–H and O–H groups in total. The average molecular weight is 507 g/mol. The maximum Gasteiger partial charge on any atom is 0.159 e. The van der Waals surface area contributed by atoms with Gasteiger partial charge in [0.05, 0.1) is 16.9 Å². The van der Waals surface area contributed by atoms with Gasteiger partial charge in [0.15, 0.2) is 5.82 Å². The number of likely N-dealkylation sites (tertiary alicyclic amines) is 1. The van der Waals surface area contributed by atoms with Crippen molar-refractivity contribution in [2.24, 2.45) is 5.92 Å². The summed E-state index contributed by atoms with van der Waals surface area (Å²) in [6, 6.07) is 9.04. The molecule has 1 saturated heterocycles. The van der Waals surface area contributed by atoms with Crippen molar-refractivity contribution < 1.29 is 13.5 Å². The summed E-state index contributed by atoms with van der Waals surface area (Å²) in [5.74, 6) is 0.844. The van der Waals surface area contributed by atoms with E-state index in [2.05, 4.69) is 31.9 Å². The number of piperidine rings is 1. The second-order valence-electron chi connectivity index (χ2n) is 10.3. The summed E-state index contributed by atoms with van der Waals surface area (Å²) < 4.78 is 33.3. The van der Waals surface area contributed by atoms with Crippen molar-refractivity contribution in [3.63, 3.8) is 0 Å². The first-order chi connectivity index (χ1) is 17.9. The minimum absolute atomic E-state index is 0.438. The van der Waals surface area contributed by atoms with Crippen LogP contribution in [0.1, 0.15) is 49.7 Å². The quantitative estimate of drug-likeness (QED) is 0.350. The van der Waals surface area contributed by atoms with Gasteiger partial charge in [0.1, 0.15) is 29.2 Å². The molecular weight excluding hydrogens is 474 g/mol. The van der Waals surface area contributed by atoms with Crippen LogP contribution in [0, 0.1) is 17.6 Å². The minimum atomic E-state index is -0.621. The molecule has 0 amide bonds. The summed E-state index contributed by atoms with van der Waals surface area (Å²) in [4.78, 5) is 13.4. The van der Waals surface area contributed by atoms with E-state index >= 15 is 0 Å². The molecule has 2 aliphatic rings. The molecule has 2 aromatic heterocycles. The molecule has 0 aliphatic carbocycles. The predicted molar refractivity (Wildman–Crippen MR) is 138 cm³/mol. The third kappa shape index (κ3) is 4.98. The molecule has 194 valence electrons. The van der Waals surface area contributed by atoms with Crippen molar-refractivity contribution in [1.82, 2.24) is 30.0 Å².